The lowest BCUT2D eigenvalue weighted by molar-refractivity contribution is -0.183. The second kappa shape index (κ2) is 7.70. The van der Waals surface area contributed by atoms with E-state index in [2.05, 4.69) is 22.2 Å². The molecule has 0 amide bonds. The second-order valence-corrected chi connectivity index (χ2v) is 7.96. The van der Waals surface area contributed by atoms with Gasteiger partial charge in [0.1, 0.15) is 6.10 Å². The van der Waals surface area contributed by atoms with E-state index >= 15 is 0 Å². The molecule has 0 spiro atoms. The van der Waals surface area contributed by atoms with Gasteiger partial charge < -0.3 is 18.9 Å². The number of aromatic nitrogens is 2. The van der Waals surface area contributed by atoms with E-state index < -0.39 is 0 Å². The van der Waals surface area contributed by atoms with Crippen LogP contribution in [0.4, 0.5) is 0 Å². The predicted octanol–water partition coefficient (Wildman–Crippen LogP) is 3.51. The minimum atomic E-state index is -0.354. The van der Waals surface area contributed by atoms with Gasteiger partial charge in [-0.2, -0.15) is 4.98 Å². The number of ether oxygens (including phenoxy) is 2. The normalized spacial score (nSPS) is 31.7. The molecule has 3 atom stereocenters. The van der Waals surface area contributed by atoms with Crippen molar-refractivity contribution < 1.29 is 14.0 Å². The van der Waals surface area contributed by atoms with Crippen LogP contribution >= 0.6 is 0 Å². The molecule has 0 N–H and O–H groups in total. The summed E-state index contributed by atoms with van der Waals surface area (Å²) in [5, 5.41) is 4.33. The zero-order chi connectivity index (χ0) is 18.1. The quantitative estimate of drug-likeness (QED) is 0.804. The lowest BCUT2D eigenvalue weighted by atomic mass is 9.79. The van der Waals surface area contributed by atoms with Crippen LogP contribution in [0.25, 0.3) is 0 Å². The van der Waals surface area contributed by atoms with E-state index in [-0.39, 0.29) is 12.4 Å². The first kappa shape index (κ1) is 17.3. The molecule has 1 aromatic heterocycles. The van der Waals surface area contributed by atoms with E-state index in [1.807, 2.05) is 18.2 Å². The van der Waals surface area contributed by atoms with Crippen molar-refractivity contribution in [2.45, 2.75) is 50.4 Å². The first-order chi connectivity index (χ1) is 13.4. The summed E-state index contributed by atoms with van der Waals surface area (Å²) < 4.78 is 17.8. The van der Waals surface area contributed by atoms with Crippen LogP contribution in [-0.2, 0) is 9.47 Å². The van der Waals surface area contributed by atoms with E-state index in [4.69, 9.17) is 19.0 Å². The van der Waals surface area contributed by atoms with Crippen molar-refractivity contribution in [3.63, 3.8) is 0 Å². The monoisotopic (exact) mass is 369 g/mol. The summed E-state index contributed by atoms with van der Waals surface area (Å²) in [6.45, 7) is 4.20. The Bertz CT molecular complexity index is 736. The minimum absolute atomic E-state index is 0.206. The van der Waals surface area contributed by atoms with E-state index in [1.165, 1.54) is 25.9 Å². The van der Waals surface area contributed by atoms with Gasteiger partial charge in [0, 0.05) is 13.2 Å². The molecule has 4 aliphatic heterocycles. The summed E-state index contributed by atoms with van der Waals surface area (Å²) >= 11 is 0. The molecule has 4 fully saturated rings. The third kappa shape index (κ3) is 3.66. The van der Waals surface area contributed by atoms with Gasteiger partial charge in [0.05, 0.1) is 5.92 Å². The maximum absolute atomic E-state index is 6.31. The van der Waals surface area contributed by atoms with Crippen molar-refractivity contribution in [3.8, 4) is 0 Å². The number of piperidine rings is 3. The fourth-order valence-corrected chi connectivity index (χ4v) is 4.64. The third-order valence-electron chi connectivity index (χ3n) is 6.19. The van der Waals surface area contributed by atoms with E-state index in [9.17, 15) is 0 Å². The molecule has 0 aliphatic carbocycles. The zero-order valence-corrected chi connectivity index (χ0v) is 15.6. The average molecular weight is 369 g/mol. The fourth-order valence-electron chi connectivity index (χ4n) is 4.64. The van der Waals surface area contributed by atoms with Crippen LogP contribution < -0.4 is 0 Å². The van der Waals surface area contributed by atoms with Crippen LogP contribution in [0.15, 0.2) is 34.9 Å². The molecule has 5 heterocycles. The smallest absolute Gasteiger partial charge is 0.231 e. The summed E-state index contributed by atoms with van der Waals surface area (Å²) in [7, 11) is 0. The van der Waals surface area contributed by atoms with Crippen LogP contribution in [0.5, 0.6) is 0 Å². The molecule has 0 radical (unpaired) electrons. The molecular weight excluding hydrogens is 342 g/mol. The van der Waals surface area contributed by atoms with Crippen molar-refractivity contribution in [2.24, 2.45) is 5.92 Å². The first-order valence-electron chi connectivity index (χ1n) is 10.2. The van der Waals surface area contributed by atoms with Crippen LogP contribution in [0.1, 0.15) is 61.4 Å². The van der Waals surface area contributed by atoms with Gasteiger partial charge in [-0.05, 0) is 56.7 Å². The Kier molecular flexibility index (Phi) is 4.95. The fraction of sp³-hybridized carbons (Fsp3) is 0.619. The second-order valence-electron chi connectivity index (χ2n) is 7.96. The molecule has 6 rings (SSSR count). The van der Waals surface area contributed by atoms with Gasteiger partial charge in [-0.1, -0.05) is 35.5 Å². The molecule has 4 aliphatic rings. The highest BCUT2D eigenvalue weighted by atomic mass is 16.7. The Morgan fingerprint density at radius 3 is 2.63 bits per heavy atom. The van der Waals surface area contributed by atoms with Crippen LogP contribution in [-0.4, -0.2) is 47.6 Å². The lowest BCUT2D eigenvalue weighted by Gasteiger charge is -2.43. The largest absolute Gasteiger partial charge is 0.353 e. The molecule has 2 aromatic rings. The van der Waals surface area contributed by atoms with Crippen molar-refractivity contribution >= 4 is 0 Å². The summed E-state index contributed by atoms with van der Waals surface area (Å²) in [5.74, 6) is 2.41. The molecule has 2 bridgehead atoms. The molecule has 144 valence electrons. The highest BCUT2D eigenvalue weighted by Gasteiger charge is 2.39. The summed E-state index contributed by atoms with van der Waals surface area (Å²) in [6.07, 6.45) is 5.04. The van der Waals surface area contributed by atoms with Crippen molar-refractivity contribution in [1.29, 1.82) is 0 Å². The zero-order valence-electron chi connectivity index (χ0n) is 15.6. The summed E-state index contributed by atoms with van der Waals surface area (Å²) in [4.78, 5) is 7.32. The maximum Gasteiger partial charge on any atom is 0.231 e. The molecule has 0 saturated carbocycles. The Labute approximate surface area is 159 Å². The third-order valence-corrected chi connectivity index (χ3v) is 6.19. The lowest BCUT2D eigenvalue weighted by Crippen LogP contribution is -2.46. The van der Waals surface area contributed by atoms with E-state index in [1.54, 1.807) is 0 Å². The standard InChI is InChI=1S/C21H27N3O3/c1-2-6-16(7-3-1)19(26-18-8-4-5-13-25-18)20-22-21(27-23-20)17-14-24-11-9-15(17)10-12-24/h1-3,6-7,15,17-19H,4-5,8-14H2. The summed E-state index contributed by atoms with van der Waals surface area (Å²) in [6, 6.07) is 10.1. The highest BCUT2D eigenvalue weighted by Crippen LogP contribution is 2.39. The Balaban J connectivity index is 1.39. The van der Waals surface area contributed by atoms with Crippen molar-refractivity contribution in [2.75, 3.05) is 26.2 Å². The highest BCUT2D eigenvalue weighted by molar-refractivity contribution is 5.23. The van der Waals surface area contributed by atoms with E-state index in [0.29, 0.717) is 17.7 Å². The van der Waals surface area contributed by atoms with Gasteiger partial charge in [-0.25, -0.2) is 0 Å². The van der Waals surface area contributed by atoms with Gasteiger partial charge in [0.15, 0.2) is 6.29 Å². The molecule has 3 unspecified atom stereocenters. The SMILES string of the molecule is c1ccc(C(OC2CCCCO2)c2noc(C3CN4CCC3CC4)n2)cc1. The topological polar surface area (TPSA) is 60.6 Å². The summed E-state index contributed by atoms with van der Waals surface area (Å²) in [5.41, 5.74) is 1.04. The molecule has 4 saturated heterocycles. The molecule has 27 heavy (non-hydrogen) atoms. The number of hydrogen-bond donors (Lipinski definition) is 0. The predicted molar refractivity (Wildman–Crippen MR) is 99.2 cm³/mol. The molecule has 6 heteroatoms. The number of hydrogen-bond acceptors (Lipinski definition) is 6. The molecular formula is C21H27N3O3. The van der Waals surface area contributed by atoms with E-state index in [0.717, 1.165) is 43.9 Å². The molecule has 1 aromatic carbocycles. The van der Waals surface area contributed by atoms with Gasteiger partial charge in [-0.3, -0.25) is 0 Å². The number of benzene rings is 1. The van der Waals surface area contributed by atoms with Crippen molar-refractivity contribution in [1.82, 2.24) is 15.0 Å². The number of rotatable bonds is 5. The minimum Gasteiger partial charge on any atom is -0.353 e. The van der Waals surface area contributed by atoms with Gasteiger partial charge in [0.25, 0.3) is 0 Å². The Hall–Kier alpha value is -1.76. The maximum atomic E-state index is 6.31. The number of fused-ring (bicyclic) bond motifs is 3. The Morgan fingerprint density at radius 2 is 1.93 bits per heavy atom. The van der Waals surface area contributed by atoms with Crippen molar-refractivity contribution in [3.05, 3.63) is 47.6 Å². The van der Waals surface area contributed by atoms with Crippen LogP contribution in [0, 0.1) is 5.92 Å². The van der Waals surface area contributed by atoms with Crippen LogP contribution in [0.2, 0.25) is 0 Å². The average Bonchev–Trinajstić information content (AvgIpc) is 3.24. The van der Waals surface area contributed by atoms with Crippen LogP contribution in [0.3, 0.4) is 0 Å². The number of nitrogens with zero attached hydrogens (tertiary/aromatic N) is 3. The van der Waals surface area contributed by atoms with Gasteiger partial charge >= 0.3 is 0 Å². The van der Waals surface area contributed by atoms with Gasteiger partial charge in [-0.15, -0.1) is 0 Å². The Morgan fingerprint density at radius 1 is 1.07 bits per heavy atom. The first-order valence-corrected chi connectivity index (χ1v) is 10.2. The van der Waals surface area contributed by atoms with Gasteiger partial charge in [0.2, 0.25) is 11.7 Å². The molecule has 6 nitrogen and oxygen atoms in total.